The van der Waals surface area contributed by atoms with Gasteiger partial charge in [0, 0.05) is 41.3 Å². The van der Waals surface area contributed by atoms with Crippen molar-refractivity contribution in [1.29, 1.82) is 0 Å². The highest BCUT2D eigenvalue weighted by Gasteiger charge is 2.25. The number of hydrogen-bond acceptors (Lipinski definition) is 2. The van der Waals surface area contributed by atoms with E-state index in [0.29, 0.717) is 25.4 Å². The average Bonchev–Trinajstić information content (AvgIpc) is 2.93. The number of amides is 1. The number of carbonyl (C=O) groups excluding carboxylic acids is 1. The Morgan fingerprint density at radius 2 is 1.64 bits per heavy atom. The number of nitrogens with zero attached hydrogens (tertiary/aromatic N) is 2. The van der Waals surface area contributed by atoms with Crippen molar-refractivity contribution < 1.29 is 9.90 Å². The molecule has 1 fully saturated rings. The van der Waals surface area contributed by atoms with Crippen LogP contribution in [0.1, 0.15) is 19.8 Å². The van der Waals surface area contributed by atoms with Gasteiger partial charge in [-0.15, -0.1) is 0 Å². The molecule has 0 radical (unpaired) electrons. The van der Waals surface area contributed by atoms with Crippen LogP contribution in [0.2, 0.25) is 0 Å². The second-order valence-electron chi connectivity index (χ2n) is 7.24. The van der Waals surface area contributed by atoms with Gasteiger partial charge in [0.25, 0.3) is 0 Å². The van der Waals surface area contributed by atoms with Gasteiger partial charge in [-0.1, -0.05) is 43.3 Å². The molecule has 2 heterocycles. The van der Waals surface area contributed by atoms with Crippen LogP contribution in [0.3, 0.4) is 0 Å². The zero-order valence-electron chi connectivity index (χ0n) is 14.6. The molecule has 1 amide bonds. The first-order chi connectivity index (χ1) is 12.1. The van der Waals surface area contributed by atoms with E-state index < -0.39 is 6.10 Å². The van der Waals surface area contributed by atoms with Crippen molar-refractivity contribution in [3.63, 3.8) is 0 Å². The van der Waals surface area contributed by atoms with E-state index in [0.717, 1.165) is 24.0 Å². The second-order valence-corrected chi connectivity index (χ2v) is 7.24. The fourth-order valence-electron chi connectivity index (χ4n) is 4.00. The van der Waals surface area contributed by atoms with Crippen LogP contribution >= 0.6 is 0 Å². The molecule has 4 nitrogen and oxygen atoms in total. The lowest BCUT2D eigenvalue weighted by molar-refractivity contribution is -0.136. The van der Waals surface area contributed by atoms with Crippen molar-refractivity contribution in [2.45, 2.75) is 32.4 Å². The predicted molar refractivity (Wildman–Crippen MR) is 100 cm³/mol. The van der Waals surface area contributed by atoms with Gasteiger partial charge in [-0.25, -0.2) is 0 Å². The van der Waals surface area contributed by atoms with E-state index in [1.807, 2.05) is 29.2 Å². The summed E-state index contributed by atoms with van der Waals surface area (Å²) in [5, 5.41) is 13.1. The number of fused-ring (bicyclic) bond motifs is 3. The summed E-state index contributed by atoms with van der Waals surface area (Å²) in [4.78, 5) is 13.9. The number of para-hydroxylation sites is 2. The molecule has 1 aliphatic heterocycles. The largest absolute Gasteiger partial charge is 0.389 e. The third-order valence-corrected chi connectivity index (χ3v) is 5.24. The Kier molecular flexibility index (Phi) is 4.22. The number of rotatable bonds is 4. The zero-order valence-corrected chi connectivity index (χ0v) is 14.6. The molecule has 1 saturated heterocycles. The molecule has 3 aromatic rings. The third kappa shape index (κ3) is 3.02. The zero-order chi connectivity index (χ0) is 17.4. The van der Waals surface area contributed by atoms with Gasteiger partial charge >= 0.3 is 0 Å². The molecule has 2 atom stereocenters. The van der Waals surface area contributed by atoms with Crippen LogP contribution in [0.15, 0.2) is 48.5 Å². The monoisotopic (exact) mass is 336 g/mol. The van der Waals surface area contributed by atoms with E-state index in [2.05, 4.69) is 35.8 Å². The van der Waals surface area contributed by atoms with Gasteiger partial charge in [0.1, 0.15) is 0 Å². The first-order valence-electron chi connectivity index (χ1n) is 9.05. The van der Waals surface area contributed by atoms with Gasteiger partial charge < -0.3 is 14.6 Å². The standard InChI is InChI=1S/C21H24N2O2/c1-15-10-11-21(25)22(12-15)13-16(24)14-23-19-8-4-2-6-17(19)18-7-3-5-9-20(18)23/h2-9,15-16,24H,10-14H2,1H3/t15-,16+/m1/s1. The molecule has 130 valence electrons. The Balaban J connectivity index is 1.62. The molecule has 4 heteroatoms. The quantitative estimate of drug-likeness (QED) is 0.793. The maximum absolute atomic E-state index is 12.1. The molecule has 0 saturated carbocycles. The van der Waals surface area contributed by atoms with Crippen molar-refractivity contribution in [1.82, 2.24) is 9.47 Å². The Hall–Kier alpha value is -2.33. The molecule has 2 aromatic carbocycles. The molecule has 0 bridgehead atoms. The molecule has 1 aliphatic rings. The van der Waals surface area contributed by atoms with E-state index in [1.54, 1.807) is 0 Å². The SMILES string of the molecule is C[C@@H]1CCC(=O)N(C[C@H](O)Cn2c3ccccc3c3ccccc32)C1. The van der Waals surface area contributed by atoms with Crippen molar-refractivity contribution in [3.8, 4) is 0 Å². The molecule has 0 unspecified atom stereocenters. The molecule has 1 N–H and O–H groups in total. The van der Waals surface area contributed by atoms with Crippen LogP contribution in [0.4, 0.5) is 0 Å². The molecular formula is C21H24N2O2. The average molecular weight is 336 g/mol. The van der Waals surface area contributed by atoms with Crippen LogP contribution in [-0.2, 0) is 11.3 Å². The molecular weight excluding hydrogens is 312 g/mol. The van der Waals surface area contributed by atoms with Gasteiger partial charge in [0.15, 0.2) is 0 Å². The number of aliphatic hydroxyl groups is 1. The fraction of sp³-hybridized carbons (Fsp3) is 0.381. The molecule has 0 aliphatic carbocycles. The molecule has 1 aromatic heterocycles. The van der Waals surface area contributed by atoms with Gasteiger partial charge in [-0.3, -0.25) is 4.79 Å². The van der Waals surface area contributed by atoms with Crippen LogP contribution in [0, 0.1) is 5.92 Å². The Bertz CT molecular complexity index is 861. The van der Waals surface area contributed by atoms with E-state index >= 15 is 0 Å². The van der Waals surface area contributed by atoms with Crippen LogP contribution in [0.5, 0.6) is 0 Å². The highest BCUT2D eigenvalue weighted by Crippen LogP contribution is 2.29. The van der Waals surface area contributed by atoms with Crippen molar-refractivity contribution in [3.05, 3.63) is 48.5 Å². The van der Waals surface area contributed by atoms with Gasteiger partial charge in [0.2, 0.25) is 5.91 Å². The lowest BCUT2D eigenvalue weighted by atomic mass is 9.99. The second kappa shape index (κ2) is 6.52. The lowest BCUT2D eigenvalue weighted by Gasteiger charge is -2.32. The highest BCUT2D eigenvalue weighted by molar-refractivity contribution is 6.07. The smallest absolute Gasteiger partial charge is 0.222 e. The van der Waals surface area contributed by atoms with Crippen molar-refractivity contribution in [2.75, 3.05) is 13.1 Å². The van der Waals surface area contributed by atoms with E-state index in [1.165, 1.54) is 10.8 Å². The Morgan fingerprint density at radius 1 is 1.04 bits per heavy atom. The van der Waals surface area contributed by atoms with Gasteiger partial charge in [-0.05, 0) is 24.5 Å². The normalized spacial score (nSPS) is 19.7. The summed E-state index contributed by atoms with van der Waals surface area (Å²) >= 11 is 0. The number of likely N-dealkylation sites (tertiary alicyclic amines) is 1. The summed E-state index contributed by atoms with van der Waals surface area (Å²) in [6.45, 7) is 3.82. The molecule has 25 heavy (non-hydrogen) atoms. The summed E-state index contributed by atoms with van der Waals surface area (Å²) in [5.41, 5.74) is 2.25. The summed E-state index contributed by atoms with van der Waals surface area (Å²) in [6, 6.07) is 16.6. The number of aromatic nitrogens is 1. The number of β-amino-alcohol motifs (C(OH)–C–C–N with tert-alkyl or cyclic N) is 1. The summed E-state index contributed by atoms with van der Waals surface area (Å²) < 4.78 is 2.17. The first kappa shape index (κ1) is 16.2. The highest BCUT2D eigenvalue weighted by atomic mass is 16.3. The Labute approximate surface area is 147 Å². The van der Waals surface area contributed by atoms with Gasteiger partial charge in [0.05, 0.1) is 12.6 Å². The van der Waals surface area contributed by atoms with Crippen molar-refractivity contribution >= 4 is 27.7 Å². The minimum absolute atomic E-state index is 0.166. The number of carbonyl (C=O) groups is 1. The summed E-state index contributed by atoms with van der Waals surface area (Å²) in [7, 11) is 0. The minimum atomic E-state index is -0.575. The fourth-order valence-corrected chi connectivity index (χ4v) is 4.00. The van der Waals surface area contributed by atoms with Crippen LogP contribution in [-0.4, -0.2) is 39.7 Å². The number of hydrogen-bond donors (Lipinski definition) is 1. The van der Waals surface area contributed by atoms with Crippen LogP contribution in [0.25, 0.3) is 21.8 Å². The maximum atomic E-state index is 12.1. The molecule has 4 rings (SSSR count). The summed E-state index contributed by atoms with van der Waals surface area (Å²) in [5.74, 6) is 0.678. The lowest BCUT2D eigenvalue weighted by Crippen LogP contribution is -2.44. The first-order valence-corrected chi connectivity index (χ1v) is 9.05. The van der Waals surface area contributed by atoms with Crippen molar-refractivity contribution in [2.24, 2.45) is 5.92 Å². The van der Waals surface area contributed by atoms with E-state index in [9.17, 15) is 9.90 Å². The minimum Gasteiger partial charge on any atom is -0.389 e. The van der Waals surface area contributed by atoms with E-state index in [-0.39, 0.29) is 5.91 Å². The number of aliphatic hydroxyl groups excluding tert-OH is 1. The summed E-state index contributed by atoms with van der Waals surface area (Å²) in [6.07, 6.45) is 0.982. The Morgan fingerprint density at radius 3 is 2.28 bits per heavy atom. The predicted octanol–water partition coefficient (Wildman–Crippen LogP) is 3.41. The van der Waals surface area contributed by atoms with Gasteiger partial charge in [-0.2, -0.15) is 0 Å². The topological polar surface area (TPSA) is 45.5 Å². The third-order valence-electron chi connectivity index (χ3n) is 5.24. The number of piperidine rings is 1. The van der Waals surface area contributed by atoms with Crippen LogP contribution < -0.4 is 0 Å². The molecule has 0 spiro atoms. The number of benzene rings is 2. The van der Waals surface area contributed by atoms with E-state index in [4.69, 9.17) is 0 Å². The maximum Gasteiger partial charge on any atom is 0.222 e.